The normalized spacial score (nSPS) is 14.4. The number of benzene rings is 3. The molecule has 4 nitrogen and oxygen atoms in total. The number of rotatable bonds is 7. The lowest BCUT2D eigenvalue weighted by Gasteiger charge is -2.36. The SMILES string of the molecule is C=Cc1ccccc1N1CCN(CCn2nc(-c3ccccc3)cc2-c2ccccc2)CC1. The highest BCUT2D eigenvalue weighted by atomic mass is 15.3. The van der Waals surface area contributed by atoms with Gasteiger partial charge in [0.1, 0.15) is 0 Å². The van der Waals surface area contributed by atoms with E-state index in [1.165, 1.54) is 22.5 Å². The van der Waals surface area contributed by atoms with Crippen LogP contribution in [0, 0.1) is 0 Å². The van der Waals surface area contributed by atoms with Crippen molar-refractivity contribution in [1.29, 1.82) is 0 Å². The van der Waals surface area contributed by atoms with Crippen molar-refractivity contribution in [3.63, 3.8) is 0 Å². The van der Waals surface area contributed by atoms with Gasteiger partial charge in [-0.3, -0.25) is 9.58 Å². The van der Waals surface area contributed by atoms with Gasteiger partial charge in [0.2, 0.25) is 0 Å². The zero-order valence-corrected chi connectivity index (χ0v) is 19.0. The average molecular weight is 435 g/mol. The van der Waals surface area contributed by atoms with Gasteiger partial charge in [0.25, 0.3) is 0 Å². The topological polar surface area (TPSA) is 24.3 Å². The Kier molecular flexibility index (Phi) is 6.36. The average Bonchev–Trinajstić information content (AvgIpc) is 3.33. The molecule has 0 amide bonds. The quantitative estimate of drug-likeness (QED) is 0.374. The number of anilines is 1. The summed E-state index contributed by atoms with van der Waals surface area (Å²) in [6, 6.07) is 31.8. The van der Waals surface area contributed by atoms with E-state index in [2.05, 4.69) is 106 Å². The molecule has 5 rings (SSSR count). The van der Waals surface area contributed by atoms with E-state index in [9.17, 15) is 0 Å². The molecule has 0 saturated carbocycles. The van der Waals surface area contributed by atoms with E-state index < -0.39 is 0 Å². The number of nitrogens with zero attached hydrogens (tertiary/aromatic N) is 4. The van der Waals surface area contributed by atoms with E-state index in [4.69, 9.17) is 5.10 Å². The van der Waals surface area contributed by atoms with Gasteiger partial charge in [0.05, 0.1) is 17.9 Å². The molecule has 0 N–H and O–H groups in total. The molecule has 1 saturated heterocycles. The molecular weight excluding hydrogens is 404 g/mol. The van der Waals surface area contributed by atoms with E-state index >= 15 is 0 Å². The molecule has 1 aliphatic heterocycles. The molecule has 0 spiro atoms. The molecule has 0 bridgehead atoms. The summed E-state index contributed by atoms with van der Waals surface area (Å²) in [7, 11) is 0. The van der Waals surface area contributed by atoms with Gasteiger partial charge in [-0.15, -0.1) is 0 Å². The molecule has 1 aliphatic rings. The third kappa shape index (κ3) is 4.76. The standard InChI is InChI=1S/C29H30N4/c1-2-24-11-9-10-16-28(24)32-20-17-31(18-21-32)19-22-33-29(26-14-7-4-8-15-26)23-27(30-33)25-12-5-3-6-13-25/h2-16,23H,1,17-22H2. The zero-order valence-electron chi connectivity index (χ0n) is 19.0. The predicted molar refractivity (Wildman–Crippen MR) is 138 cm³/mol. The van der Waals surface area contributed by atoms with Gasteiger partial charge in [-0.2, -0.15) is 5.10 Å². The summed E-state index contributed by atoms with van der Waals surface area (Å²) in [5, 5.41) is 4.99. The van der Waals surface area contributed by atoms with Crippen molar-refractivity contribution in [2.75, 3.05) is 37.6 Å². The van der Waals surface area contributed by atoms with Crippen molar-refractivity contribution in [1.82, 2.24) is 14.7 Å². The Morgan fingerprint density at radius 1 is 0.727 bits per heavy atom. The Bertz CT molecular complexity index is 1190. The smallest absolute Gasteiger partial charge is 0.0929 e. The summed E-state index contributed by atoms with van der Waals surface area (Å²) < 4.78 is 2.18. The molecule has 0 radical (unpaired) electrons. The molecule has 0 aliphatic carbocycles. The second kappa shape index (κ2) is 9.88. The van der Waals surface area contributed by atoms with Crippen LogP contribution < -0.4 is 4.90 Å². The number of aromatic nitrogens is 2. The number of hydrogen-bond donors (Lipinski definition) is 0. The van der Waals surface area contributed by atoms with Crippen LogP contribution in [-0.4, -0.2) is 47.4 Å². The number of para-hydroxylation sites is 1. The molecular formula is C29H30N4. The fourth-order valence-corrected chi connectivity index (χ4v) is 4.58. The minimum Gasteiger partial charge on any atom is -0.368 e. The Morgan fingerprint density at radius 2 is 1.36 bits per heavy atom. The zero-order chi connectivity index (χ0) is 22.5. The first-order valence-corrected chi connectivity index (χ1v) is 11.7. The van der Waals surface area contributed by atoms with Crippen LogP contribution in [0.4, 0.5) is 5.69 Å². The number of piperazine rings is 1. The summed E-state index contributed by atoms with van der Waals surface area (Å²) in [6.45, 7) is 10.0. The maximum Gasteiger partial charge on any atom is 0.0929 e. The van der Waals surface area contributed by atoms with Crippen LogP contribution in [0.15, 0.2) is 97.6 Å². The predicted octanol–water partition coefficient (Wildman–Crippen LogP) is 5.68. The lowest BCUT2D eigenvalue weighted by atomic mass is 10.1. The monoisotopic (exact) mass is 434 g/mol. The van der Waals surface area contributed by atoms with Crippen molar-refractivity contribution in [3.8, 4) is 22.5 Å². The van der Waals surface area contributed by atoms with Gasteiger partial charge < -0.3 is 4.90 Å². The largest absolute Gasteiger partial charge is 0.368 e. The first-order chi connectivity index (χ1) is 16.3. The second-order valence-electron chi connectivity index (χ2n) is 8.46. The summed E-state index contributed by atoms with van der Waals surface area (Å²) >= 11 is 0. The van der Waals surface area contributed by atoms with Gasteiger partial charge >= 0.3 is 0 Å². The maximum atomic E-state index is 4.99. The third-order valence-corrected chi connectivity index (χ3v) is 6.42. The number of hydrogen-bond acceptors (Lipinski definition) is 3. The first kappa shape index (κ1) is 21.2. The van der Waals surface area contributed by atoms with Crippen LogP contribution in [0.2, 0.25) is 0 Å². The highest BCUT2D eigenvalue weighted by molar-refractivity contribution is 5.69. The fraction of sp³-hybridized carbons (Fsp3) is 0.207. The lowest BCUT2D eigenvalue weighted by molar-refractivity contribution is 0.245. The van der Waals surface area contributed by atoms with Gasteiger partial charge in [-0.05, 0) is 23.3 Å². The van der Waals surface area contributed by atoms with Crippen molar-refractivity contribution in [2.45, 2.75) is 6.54 Å². The molecule has 4 heteroatoms. The van der Waals surface area contributed by atoms with Gasteiger partial charge in [-0.1, -0.05) is 91.5 Å². The van der Waals surface area contributed by atoms with E-state index in [0.717, 1.165) is 50.5 Å². The molecule has 0 unspecified atom stereocenters. The van der Waals surface area contributed by atoms with Crippen LogP contribution >= 0.6 is 0 Å². The molecule has 33 heavy (non-hydrogen) atoms. The molecule has 4 aromatic rings. The van der Waals surface area contributed by atoms with Gasteiger partial charge in [-0.25, -0.2) is 0 Å². The highest BCUT2D eigenvalue weighted by Gasteiger charge is 2.19. The molecule has 166 valence electrons. The summed E-state index contributed by atoms with van der Waals surface area (Å²) in [5.41, 5.74) is 7.07. The Balaban J connectivity index is 1.29. The van der Waals surface area contributed by atoms with Crippen LogP contribution in [0.25, 0.3) is 28.6 Å². The van der Waals surface area contributed by atoms with Crippen LogP contribution in [0.1, 0.15) is 5.56 Å². The van der Waals surface area contributed by atoms with E-state index in [0.29, 0.717) is 0 Å². The molecule has 1 aromatic heterocycles. The Hall–Kier alpha value is -3.63. The lowest BCUT2D eigenvalue weighted by Crippen LogP contribution is -2.47. The van der Waals surface area contributed by atoms with Crippen LogP contribution in [0.3, 0.4) is 0 Å². The van der Waals surface area contributed by atoms with Gasteiger partial charge in [0, 0.05) is 44.0 Å². The summed E-state index contributed by atoms with van der Waals surface area (Å²) in [4.78, 5) is 5.02. The van der Waals surface area contributed by atoms with E-state index in [1.807, 2.05) is 12.1 Å². The second-order valence-corrected chi connectivity index (χ2v) is 8.46. The fourth-order valence-electron chi connectivity index (χ4n) is 4.58. The van der Waals surface area contributed by atoms with Crippen molar-refractivity contribution >= 4 is 11.8 Å². The maximum absolute atomic E-state index is 4.99. The van der Waals surface area contributed by atoms with E-state index in [-0.39, 0.29) is 0 Å². The van der Waals surface area contributed by atoms with E-state index in [1.54, 1.807) is 0 Å². The molecule has 1 fully saturated rings. The minimum atomic E-state index is 0.875. The van der Waals surface area contributed by atoms with Crippen molar-refractivity contribution in [2.24, 2.45) is 0 Å². The summed E-state index contributed by atoms with van der Waals surface area (Å²) in [5.74, 6) is 0. The highest BCUT2D eigenvalue weighted by Crippen LogP contribution is 2.27. The minimum absolute atomic E-state index is 0.875. The van der Waals surface area contributed by atoms with Crippen molar-refractivity contribution < 1.29 is 0 Å². The summed E-state index contributed by atoms with van der Waals surface area (Å²) in [6.07, 6.45) is 1.95. The molecule has 3 aromatic carbocycles. The van der Waals surface area contributed by atoms with Crippen LogP contribution in [0.5, 0.6) is 0 Å². The Labute approximate surface area is 196 Å². The van der Waals surface area contributed by atoms with Crippen molar-refractivity contribution in [3.05, 3.63) is 103 Å². The molecule has 2 heterocycles. The molecule has 0 atom stereocenters. The van der Waals surface area contributed by atoms with Gasteiger partial charge in [0.15, 0.2) is 0 Å². The first-order valence-electron chi connectivity index (χ1n) is 11.7. The Morgan fingerprint density at radius 3 is 2.06 bits per heavy atom. The third-order valence-electron chi connectivity index (χ3n) is 6.42. The van der Waals surface area contributed by atoms with Crippen LogP contribution in [-0.2, 0) is 6.54 Å².